The number of nitrogens with one attached hydrogen (secondary N) is 1. The van der Waals surface area contributed by atoms with Crippen LogP contribution in [0.25, 0.3) is 0 Å². The molecule has 0 saturated heterocycles. The number of oxime groups is 1. The largest absolute Gasteiger partial charge is 0.409 e. The van der Waals surface area contributed by atoms with E-state index in [1.165, 1.54) is 30.5 Å². The molecule has 8 nitrogen and oxygen atoms in total. The maximum Gasteiger partial charge on any atom is 0.191 e. The van der Waals surface area contributed by atoms with Gasteiger partial charge in [0.1, 0.15) is 17.0 Å². The zero-order valence-electron chi connectivity index (χ0n) is 7.90. The average Bonchev–Trinajstić information content (AvgIpc) is 2.82. The lowest BCUT2D eigenvalue weighted by Gasteiger charge is -2.02. The van der Waals surface area contributed by atoms with Crippen molar-refractivity contribution in [2.75, 3.05) is 0 Å². The first-order valence-corrected chi connectivity index (χ1v) is 4.95. The zero-order valence-corrected chi connectivity index (χ0v) is 8.72. The van der Waals surface area contributed by atoms with Crippen LogP contribution in [0.4, 0.5) is 0 Å². The fourth-order valence-corrected chi connectivity index (χ4v) is 1.71. The van der Waals surface area contributed by atoms with E-state index in [-0.39, 0.29) is 5.84 Å². The van der Waals surface area contributed by atoms with Crippen LogP contribution in [0.2, 0.25) is 0 Å². The molecule has 4 N–H and O–H groups in total. The van der Waals surface area contributed by atoms with Crippen molar-refractivity contribution in [3.05, 3.63) is 24.4 Å². The van der Waals surface area contributed by atoms with Crippen LogP contribution in [0.15, 0.2) is 34.1 Å². The van der Waals surface area contributed by atoms with E-state index in [1.54, 1.807) is 0 Å². The van der Waals surface area contributed by atoms with Gasteiger partial charge in [0.25, 0.3) is 0 Å². The van der Waals surface area contributed by atoms with Crippen LogP contribution in [0.5, 0.6) is 0 Å². The molecular weight excluding hydrogens is 230 g/mol. The van der Waals surface area contributed by atoms with Gasteiger partial charge in [-0.15, -0.1) is 0 Å². The van der Waals surface area contributed by atoms with Gasteiger partial charge in [-0.1, -0.05) is 5.16 Å². The Labute approximate surface area is 94.0 Å². The standard InChI is InChI=1S/C7H7N7OS/c8-5(14-15)4-6(10-2-1-9-4)16-7-11-3-12-13-7/h1-3,15H,(H2,8,14)(H,11,12,13). The lowest BCUT2D eigenvalue weighted by Crippen LogP contribution is -2.16. The average molecular weight is 237 g/mol. The molecule has 82 valence electrons. The number of aromatic nitrogens is 5. The smallest absolute Gasteiger partial charge is 0.191 e. The van der Waals surface area contributed by atoms with Crippen molar-refractivity contribution >= 4 is 17.6 Å². The molecule has 2 aromatic rings. The maximum atomic E-state index is 8.59. The lowest BCUT2D eigenvalue weighted by atomic mass is 10.4. The van der Waals surface area contributed by atoms with E-state index in [0.29, 0.717) is 15.9 Å². The molecule has 0 aliphatic carbocycles. The van der Waals surface area contributed by atoms with E-state index in [4.69, 9.17) is 10.9 Å². The number of hydrogen-bond acceptors (Lipinski definition) is 7. The minimum Gasteiger partial charge on any atom is -0.409 e. The van der Waals surface area contributed by atoms with Gasteiger partial charge in [-0.3, -0.25) is 5.10 Å². The van der Waals surface area contributed by atoms with E-state index in [2.05, 4.69) is 30.3 Å². The van der Waals surface area contributed by atoms with Gasteiger partial charge in [0.2, 0.25) is 0 Å². The number of nitrogens with two attached hydrogens (primary N) is 1. The topological polar surface area (TPSA) is 126 Å². The molecule has 0 aromatic carbocycles. The minimum atomic E-state index is -0.102. The normalized spacial score (nSPS) is 11.6. The summed E-state index contributed by atoms with van der Waals surface area (Å²) in [5.74, 6) is -0.102. The Hall–Kier alpha value is -2.16. The van der Waals surface area contributed by atoms with Gasteiger partial charge in [-0.25, -0.2) is 15.0 Å². The van der Waals surface area contributed by atoms with Gasteiger partial charge >= 0.3 is 0 Å². The molecule has 0 bridgehead atoms. The second kappa shape index (κ2) is 4.57. The van der Waals surface area contributed by atoms with Crippen LogP contribution in [0.1, 0.15) is 5.69 Å². The van der Waals surface area contributed by atoms with E-state index < -0.39 is 0 Å². The number of hydrogen-bond donors (Lipinski definition) is 3. The molecular formula is C7H7N7OS. The third-order valence-electron chi connectivity index (χ3n) is 1.60. The summed E-state index contributed by atoms with van der Waals surface area (Å²) in [6, 6.07) is 0. The summed E-state index contributed by atoms with van der Waals surface area (Å²) < 4.78 is 0. The molecule has 0 aliphatic heterocycles. The van der Waals surface area contributed by atoms with E-state index in [0.717, 1.165) is 0 Å². The van der Waals surface area contributed by atoms with E-state index in [1.807, 2.05) is 0 Å². The molecule has 0 radical (unpaired) electrons. The predicted octanol–water partition coefficient (Wildman–Crippen LogP) is -0.160. The van der Waals surface area contributed by atoms with Crippen LogP contribution in [-0.4, -0.2) is 36.2 Å². The highest BCUT2D eigenvalue weighted by molar-refractivity contribution is 7.99. The zero-order chi connectivity index (χ0) is 11.4. The van der Waals surface area contributed by atoms with Crippen molar-refractivity contribution in [1.29, 1.82) is 0 Å². The van der Waals surface area contributed by atoms with Gasteiger partial charge in [-0.2, -0.15) is 5.10 Å². The van der Waals surface area contributed by atoms with Gasteiger partial charge < -0.3 is 10.9 Å². The summed E-state index contributed by atoms with van der Waals surface area (Å²) >= 11 is 1.19. The summed E-state index contributed by atoms with van der Waals surface area (Å²) in [6.45, 7) is 0. The molecule has 0 aliphatic rings. The monoisotopic (exact) mass is 237 g/mol. The van der Waals surface area contributed by atoms with Crippen LogP contribution in [0.3, 0.4) is 0 Å². The molecule has 0 saturated carbocycles. The third-order valence-corrected chi connectivity index (χ3v) is 2.48. The van der Waals surface area contributed by atoms with Crippen molar-refractivity contribution in [1.82, 2.24) is 25.1 Å². The van der Waals surface area contributed by atoms with Crippen molar-refractivity contribution in [2.45, 2.75) is 10.2 Å². The summed E-state index contributed by atoms with van der Waals surface area (Å²) in [7, 11) is 0. The van der Waals surface area contributed by atoms with Crippen molar-refractivity contribution in [3.8, 4) is 0 Å². The van der Waals surface area contributed by atoms with Gasteiger partial charge in [-0.05, 0) is 11.8 Å². The quantitative estimate of drug-likeness (QED) is 0.293. The number of amidine groups is 1. The van der Waals surface area contributed by atoms with Crippen molar-refractivity contribution in [2.24, 2.45) is 10.9 Å². The van der Waals surface area contributed by atoms with Crippen molar-refractivity contribution < 1.29 is 5.21 Å². The first-order chi connectivity index (χ1) is 7.81. The third kappa shape index (κ3) is 2.08. The lowest BCUT2D eigenvalue weighted by molar-refractivity contribution is 0.318. The molecule has 2 aromatic heterocycles. The molecule has 2 rings (SSSR count). The fourth-order valence-electron chi connectivity index (χ4n) is 0.958. The molecule has 0 atom stereocenters. The van der Waals surface area contributed by atoms with Crippen molar-refractivity contribution in [3.63, 3.8) is 0 Å². The Kier molecular flexibility index (Phi) is 2.96. The highest BCUT2D eigenvalue weighted by atomic mass is 32.2. The molecule has 16 heavy (non-hydrogen) atoms. The number of H-pyrrole nitrogens is 1. The maximum absolute atomic E-state index is 8.59. The summed E-state index contributed by atoms with van der Waals surface area (Å²) in [5, 5.41) is 18.9. The summed E-state index contributed by atoms with van der Waals surface area (Å²) in [6.07, 6.45) is 4.34. The number of nitrogens with zero attached hydrogens (tertiary/aromatic N) is 5. The predicted molar refractivity (Wildman–Crippen MR) is 55.0 cm³/mol. The SMILES string of the molecule is NC(=NO)c1nccnc1Sc1ncn[nH]1. The Morgan fingerprint density at radius 2 is 2.19 bits per heavy atom. The van der Waals surface area contributed by atoms with Gasteiger partial charge in [0, 0.05) is 12.4 Å². The Bertz CT molecular complexity index is 497. The van der Waals surface area contributed by atoms with Crippen LogP contribution in [0, 0.1) is 0 Å². The summed E-state index contributed by atoms with van der Waals surface area (Å²) in [5.41, 5.74) is 5.76. The second-order valence-corrected chi connectivity index (χ2v) is 3.57. The molecule has 9 heteroatoms. The van der Waals surface area contributed by atoms with Crippen LogP contribution >= 0.6 is 11.8 Å². The van der Waals surface area contributed by atoms with E-state index >= 15 is 0 Å². The number of aromatic amines is 1. The highest BCUT2D eigenvalue weighted by Gasteiger charge is 2.12. The highest BCUT2D eigenvalue weighted by Crippen LogP contribution is 2.23. The molecule has 0 unspecified atom stereocenters. The fraction of sp³-hybridized carbons (Fsp3) is 0. The van der Waals surface area contributed by atoms with Gasteiger partial charge in [0.05, 0.1) is 0 Å². The Morgan fingerprint density at radius 3 is 2.88 bits per heavy atom. The van der Waals surface area contributed by atoms with Crippen LogP contribution in [-0.2, 0) is 0 Å². The first-order valence-electron chi connectivity index (χ1n) is 4.13. The van der Waals surface area contributed by atoms with E-state index in [9.17, 15) is 0 Å². The molecule has 0 fully saturated rings. The molecule has 2 heterocycles. The number of rotatable bonds is 3. The Morgan fingerprint density at radius 1 is 1.38 bits per heavy atom. The Balaban J connectivity index is 2.34. The summed E-state index contributed by atoms with van der Waals surface area (Å²) in [4.78, 5) is 12.0. The molecule has 0 spiro atoms. The van der Waals surface area contributed by atoms with Gasteiger partial charge in [0.15, 0.2) is 11.0 Å². The minimum absolute atomic E-state index is 0.102. The van der Waals surface area contributed by atoms with Crippen LogP contribution < -0.4 is 5.73 Å². The first kappa shape index (κ1) is 10.4. The second-order valence-electron chi connectivity index (χ2n) is 2.59. The molecule has 0 amide bonds.